The van der Waals surface area contributed by atoms with E-state index in [4.69, 9.17) is 40.6 Å². The Balaban J connectivity index is 1.57. The van der Waals surface area contributed by atoms with Gasteiger partial charge < -0.3 is 29.0 Å². The van der Waals surface area contributed by atoms with Gasteiger partial charge in [0.15, 0.2) is 11.8 Å². The highest BCUT2D eigenvalue weighted by molar-refractivity contribution is 6.30. The lowest BCUT2D eigenvalue weighted by molar-refractivity contribution is -0.160. The molecule has 0 unspecified atom stereocenters. The molecule has 1 aromatic carbocycles. The second kappa shape index (κ2) is 13.0. The highest BCUT2D eigenvalue weighted by Crippen LogP contribution is 2.38. The van der Waals surface area contributed by atoms with Gasteiger partial charge in [-0.05, 0) is 66.5 Å². The molecule has 2 aromatic heterocycles. The maximum absolute atomic E-state index is 12.7. The van der Waals surface area contributed by atoms with Crippen LogP contribution in [-0.2, 0) is 32.2 Å². The van der Waals surface area contributed by atoms with Gasteiger partial charge in [-0.2, -0.15) is 9.61 Å². The minimum Gasteiger partial charge on any atom is -0.490 e. The van der Waals surface area contributed by atoms with E-state index in [2.05, 4.69) is 17.9 Å². The van der Waals surface area contributed by atoms with Crippen LogP contribution in [0.1, 0.15) is 82.5 Å². The highest BCUT2D eigenvalue weighted by atomic mass is 35.5. The average Bonchev–Trinajstić information content (AvgIpc) is 3.34. The number of aliphatic carboxylic acids is 1. The van der Waals surface area contributed by atoms with Gasteiger partial charge in [0.25, 0.3) is 0 Å². The number of halogens is 1. The van der Waals surface area contributed by atoms with Gasteiger partial charge in [-0.25, -0.2) is 9.78 Å². The second-order valence-corrected chi connectivity index (χ2v) is 13.4. The van der Waals surface area contributed by atoms with Crippen molar-refractivity contribution >= 4 is 29.0 Å². The van der Waals surface area contributed by atoms with E-state index in [0.717, 1.165) is 24.8 Å². The van der Waals surface area contributed by atoms with E-state index < -0.39 is 17.7 Å². The summed E-state index contributed by atoms with van der Waals surface area (Å²) < 4.78 is 26.6. The van der Waals surface area contributed by atoms with Crippen molar-refractivity contribution in [3.05, 3.63) is 64.0 Å². The predicted octanol–water partition coefficient (Wildman–Crippen LogP) is 6.45. The Morgan fingerprint density at radius 3 is 2.64 bits per heavy atom. The van der Waals surface area contributed by atoms with Gasteiger partial charge in [0.2, 0.25) is 0 Å². The van der Waals surface area contributed by atoms with E-state index in [1.807, 2.05) is 65.0 Å². The molecule has 1 fully saturated rings. The molecule has 0 spiro atoms. The zero-order valence-corrected chi connectivity index (χ0v) is 27.2. The summed E-state index contributed by atoms with van der Waals surface area (Å²) in [4.78, 5) is 19.6. The monoisotopic (exact) mass is 626 g/mol. The molecular weight excluding hydrogens is 584 g/mol. The van der Waals surface area contributed by atoms with Gasteiger partial charge in [0.05, 0.1) is 48.4 Å². The SMILES string of the molecule is Cc1nc2cc3nn2c(c1[C@H](OC(C)(C)C)C(=O)O)N1CCC(C)(CC1)OCC=CC[C@H](C)Oc1cc(Cl)ccc1COC3. The minimum absolute atomic E-state index is 0.0647. The molecule has 2 atom stereocenters. The van der Waals surface area contributed by atoms with Crippen LogP contribution in [-0.4, -0.2) is 62.7 Å². The number of carboxylic acid groups (broad SMARTS) is 1. The minimum atomic E-state index is -1.23. The third-order valence-electron chi connectivity index (χ3n) is 7.96. The molecule has 0 radical (unpaired) electrons. The number of aromatic nitrogens is 3. The van der Waals surface area contributed by atoms with Crippen molar-refractivity contribution in [2.24, 2.45) is 0 Å². The fourth-order valence-corrected chi connectivity index (χ4v) is 5.82. The summed E-state index contributed by atoms with van der Waals surface area (Å²) in [6.07, 6.45) is 5.07. The standard InChI is InChI=1S/C33H43ClN4O6/c1-21-9-7-8-16-42-33(6)12-14-37(15-13-33)30-28(29(31(39)40)44-32(3,4)5)22(2)35-27-18-25(36-38(27)30)20-41-19-23-10-11-24(34)17-26(23)43-21/h7-8,10-11,17-18,21,29H,9,12-16,19-20H2,1-6H3,(H,39,40)/t21-,29-/m0/s1. The molecule has 4 bridgehead atoms. The Labute approximate surface area is 263 Å². The third kappa shape index (κ3) is 7.54. The van der Waals surface area contributed by atoms with Gasteiger partial charge in [-0.15, -0.1) is 0 Å². The molecule has 238 valence electrons. The highest BCUT2D eigenvalue weighted by Gasteiger charge is 2.37. The maximum atomic E-state index is 12.7. The molecule has 0 aliphatic carbocycles. The summed E-state index contributed by atoms with van der Waals surface area (Å²) >= 11 is 6.30. The molecule has 6 rings (SSSR count). The van der Waals surface area contributed by atoms with E-state index in [1.54, 1.807) is 4.52 Å². The molecule has 1 N–H and O–H groups in total. The van der Waals surface area contributed by atoms with Gasteiger partial charge >= 0.3 is 5.97 Å². The molecule has 0 saturated carbocycles. The first kappa shape index (κ1) is 32.2. The lowest BCUT2D eigenvalue weighted by Crippen LogP contribution is -2.45. The second-order valence-electron chi connectivity index (χ2n) is 12.9. The number of hydrogen-bond donors (Lipinski definition) is 1. The van der Waals surface area contributed by atoms with Crippen LogP contribution in [0.4, 0.5) is 5.82 Å². The van der Waals surface area contributed by atoms with E-state index in [-0.39, 0.29) is 18.3 Å². The first-order valence-electron chi connectivity index (χ1n) is 15.2. The summed E-state index contributed by atoms with van der Waals surface area (Å²) in [5, 5.41) is 15.8. The Bertz CT molecular complexity index is 1520. The zero-order valence-electron chi connectivity index (χ0n) is 26.4. The number of carbonyl (C=O) groups is 1. The van der Waals surface area contributed by atoms with E-state index in [9.17, 15) is 9.90 Å². The summed E-state index contributed by atoms with van der Waals surface area (Å²) in [5.74, 6) is 0.281. The van der Waals surface area contributed by atoms with Crippen molar-refractivity contribution in [3.63, 3.8) is 0 Å². The molecule has 0 amide bonds. The average molecular weight is 627 g/mol. The smallest absolute Gasteiger partial charge is 0.337 e. The molecule has 3 aliphatic heterocycles. The van der Waals surface area contributed by atoms with Crippen molar-refractivity contribution in [3.8, 4) is 5.75 Å². The molecule has 3 aliphatic rings. The first-order valence-corrected chi connectivity index (χ1v) is 15.6. The van der Waals surface area contributed by atoms with Gasteiger partial charge in [0, 0.05) is 41.9 Å². The summed E-state index contributed by atoms with van der Waals surface area (Å²) in [7, 11) is 0. The van der Waals surface area contributed by atoms with E-state index in [1.165, 1.54) is 0 Å². The van der Waals surface area contributed by atoms with Crippen LogP contribution in [0.3, 0.4) is 0 Å². The molecule has 1 saturated heterocycles. The predicted molar refractivity (Wildman–Crippen MR) is 169 cm³/mol. The van der Waals surface area contributed by atoms with Gasteiger partial charge in [-0.1, -0.05) is 29.8 Å². The van der Waals surface area contributed by atoms with Crippen LogP contribution in [0.25, 0.3) is 5.65 Å². The normalized spacial score (nSPS) is 22.5. The molecule has 10 nitrogen and oxygen atoms in total. The Kier molecular flexibility index (Phi) is 9.55. The van der Waals surface area contributed by atoms with Crippen molar-refractivity contribution in [1.29, 1.82) is 0 Å². The van der Waals surface area contributed by atoms with Crippen LogP contribution in [0, 0.1) is 6.92 Å². The maximum Gasteiger partial charge on any atom is 0.337 e. The number of rotatable bonds is 3. The topological polar surface area (TPSA) is 108 Å². The van der Waals surface area contributed by atoms with Crippen LogP contribution in [0.15, 0.2) is 36.4 Å². The Hall–Kier alpha value is -3.18. The van der Waals surface area contributed by atoms with Gasteiger partial charge in [-0.3, -0.25) is 0 Å². The number of carboxylic acids is 1. The van der Waals surface area contributed by atoms with Crippen molar-refractivity contribution in [2.45, 2.75) is 97.4 Å². The molecule has 3 aromatic rings. The molecule has 11 heteroatoms. The number of piperidine rings is 1. The van der Waals surface area contributed by atoms with Crippen LogP contribution in [0.5, 0.6) is 5.75 Å². The lowest BCUT2D eigenvalue weighted by atomic mass is 9.92. The molecular formula is C33H43ClN4O6. The van der Waals surface area contributed by atoms with Crippen molar-refractivity contribution in [1.82, 2.24) is 14.6 Å². The number of ether oxygens (including phenoxy) is 4. The van der Waals surface area contributed by atoms with E-state index >= 15 is 0 Å². The van der Waals surface area contributed by atoms with Crippen LogP contribution >= 0.6 is 11.6 Å². The van der Waals surface area contributed by atoms with Crippen molar-refractivity contribution in [2.75, 3.05) is 24.6 Å². The number of hydrogen-bond acceptors (Lipinski definition) is 8. The zero-order chi connectivity index (χ0) is 31.6. The molecule has 44 heavy (non-hydrogen) atoms. The summed E-state index contributed by atoms with van der Waals surface area (Å²) in [6.45, 7) is 13.9. The first-order chi connectivity index (χ1) is 20.8. The summed E-state index contributed by atoms with van der Waals surface area (Å²) in [5.41, 5.74) is 2.24. The molecule has 5 heterocycles. The van der Waals surface area contributed by atoms with E-state index in [0.29, 0.717) is 65.5 Å². The quantitative estimate of drug-likeness (QED) is 0.328. The number of nitrogens with zero attached hydrogens (tertiary/aromatic N) is 4. The van der Waals surface area contributed by atoms with Gasteiger partial charge in [0.1, 0.15) is 11.6 Å². The Morgan fingerprint density at radius 2 is 1.93 bits per heavy atom. The van der Waals surface area contributed by atoms with Crippen LogP contribution in [0.2, 0.25) is 5.02 Å². The Morgan fingerprint density at radius 1 is 1.18 bits per heavy atom. The third-order valence-corrected chi connectivity index (χ3v) is 8.20. The fraction of sp³-hybridized carbons (Fsp3) is 0.545. The number of fused-ring (bicyclic) bond motifs is 9. The lowest BCUT2D eigenvalue weighted by Gasteiger charge is -2.41. The van der Waals surface area contributed by atoms with Crippen molar-refractivity contribution < 1.29 is 28.8 Å². The number of benzene rings is 1. The largest absolute Gasteiger partial charge is 0.490 e. The number of aryl methyl sites for hydroxylation is 1. The fourth-order valence-electron chi connectivity index (χ4n) is 5.66. The summed E-state index contributed by atoms with van der Waals surface area (Å²) in [6, 6.07) is 7.42. The van der Waals surface area contributed by atoms with Crippen LogP contribution < -0.4 is 9.64 Å². The number of anilines is 1.